The molecule has 1 aromatic rings. The van der Waals surface area contributed by atoms with E-state index < -0.39 is 0 Å². The number of hydrogen-bond donors (Lipinski definition) is 0. The van der Waals surface area contributed by atoms with E-state index in [9.17, 15) is 0 Å². The van der Waals surface area contributed by atoms with E-state index in [1.807, 2.05) is 26.1 Å². The van der Waals surface area contributed by atoms with Crippen LogP contribution >= 0.6 is 0 Å². The lowest BCUT2D eigenvalue weighted by Crippen LogP contribution is -2.31. The molecule has 1 saturated heterocycles. The molecule has 1 aliphatic rings. The fourth-order valence-corrected chi connectivity index (χ4v) is 1.83. The molecule has 0 radical (unpaired) electrons. The Labute approximate surface area is 98.9 Å². The second kappa shape index (κ2) is 7.20. The average Bonchev–Trinajstić information content (AvgIpc) is 2.42. The SMILES string of the molecule is CC.CCc1ccnc(N2CCCCC2)n1. The Hall–Kier alpha value is -1.12. The first-order chi connectivity index (χ1) is 7.90. The van der Waals surface area contributed by atoms with E-state index in [1.165, 1.54) is 19.3 Å². The van der Waals surface area contributed by atoms with Crippen LogP contribution in [0, 0.1) is 0 Å². The third-order valence-electron chi connectivity index (χ3n) is 2.70. The lowest BCUT2D eigenvalue weighted by Gasteiger charge is -2.26. The maximum absolute atomic E-state index is 4.53. The summed E-state index contributed by atoms with van der Waals surface area (Å²) < 4.78 is 0. The summed E-state index contributed by atoms with van der Waals surface area (Å²) in [6.07, 6.45) is 6.77. The molecule has 0 N–H and O–H groups in total. The minimum absolute atomic E-state index is 0.920. The van der Waals surface area contributed by atoms with E-state index in [1.54, 1.807) is 0 Å². The molecule has 0 amide bonds. The molecular weight excluding hydrogens is 198 g/mol. The first-order valence-corrected chi connectivity index (χ1v) is 6.47. The van der Waals surface area contributed by atoms with Crippen LogP contribution in [0.3, 0.4) is 0 Å². The predicted octanol–water partition coefficient (Wildman–Crippen LogP) is 3.06. The second-order valence-corrected chi connectivity index (χ2v) is 3.75. The topological polar surface area (TPSA) is 29.0 Å². The minimum atomic E-state index is 0.920. The monoisotopic (exact) mass is 221 g/mol. The van der Waals surface area contributed by atoms with Crippen molar-refractivity contribution in [1.82, 2.24) is 9.97 Å². The Morgan fingerprint density at radius 3 is 2.50 bits per heavy atom. The predicted molar refractivity (Wildman–Crippen MR) is 68.8 cm³/mol. The number of anilines is 1. The molecule has 0 aliphatic carbocycles. The molecule has 0 atom stereocenters. The van der Waals surface area contributed by atoms with Gasteiger partial charge in [-0.3, -0.25) is 0 Å². The normalized spacial score (nSPS) is 15.3. The molecule has 16 heavy (non-hydrogen) atoms. The lowest BCUT2D eigenvalue weighted by atomic mass is 10.1. The van der Waals surface area contributed by atoms with Gasteiger partial charge in [-0.15, -0.1) is 0 Å². The lowest BCUT2D eigenvalue weighted by molar-refractivity contribution is 0.567. The van der Waals surface area contributed by atoms with Crippen molar-refractivity contribution in [3.05, 3.63) is 18.0 Å². The molecule has 1 fully saturated rings. The van der Waals surface area contributed by atoms with Crippen molar-refractivity contribution >= 4 is 5.95 Å². The van der Waals surface area contributed by atoms with Crippen LogP contribution in [0.15, 0.2) is 12.3 Å². The number of piperidine rings is 1. The highest BCUT2D eigenvalue weighted by Gasteiger charge is 2.12. The number of nitrogens with zero attached hydrogens (tertiary/aromatic N) is 3. The Morgan fingerprint density at radius 1 is 1.19 bits per heavy atom. The van der Waals surface area contributed by atoms with Crippen molar-refractivity contribution in [2.24, 2.45) is 0 Å². The first kappa shape index (κ1) is 12.9. The van der Waals surface area contributed by atoms with Crippen molar-refractivity contribution in [2.75, 3.05) is 18.0 Å². The number of aromatic nitrogens is 2. The van der Waals surface area contributed by atoms with Crippen LogP contribution in [0.1, 0.15) is 45.7 Å². The van der Waals surface area contributed by atoms with Crippen molar-refractivity contribution in [3.8, 4) is 0 Å². The van der Waals surface area contributed by atoms with Gasteiger partial charge in [0.25, 0.3) is 0 Å². The maximum atomic E-state index is 4.53. The Bertz CT molecular complexity index is 293. The van der Waals surface area contributed by atoms with Crippen LogP contribution in [-0.4, -0.2) is 23.1 Å². The summed E-state index contributed by atoms with van der Waals surface area (Å²) in [4.78, 5) is 11.1. The molecule has 0 saturated carbocycles. The highest BCUT2D eigenvalue weighted by atomic mass is 15.2. The van der Waals surface area contributed by atoms with Gasteiger partial charge < -0.3 is 4.90 Å². The molecule has 2 heterocycles. The zero-order chi connectivity index (χ0) is 11.8. The van der Waals surface area contributed by atoms with Gasteiger partial charge in [0.05, 0.1) is 0 Å². The largest absolute Gasteiger partial charge is 0.341 e. The van der Waals surface area contributed by atoms with Crippen LogP contribution in [0.25, 0.3) is 0 Å². The molecule has 1 aliphatic heterocycles. The molecular formula is C13H23N3. The molecule has 0 spiro atoms. The molecule has 1 aromatic heterocycles. The summed E-state index contributed by atoms with van der Waals surface area (Å²) in [6, 6.07) is 1.99. The molecule has 0 aromatic carbocycles. The van der Waals surface area contributed by atoms with Gasteiger partial charge in [-0.25, -0.2) is 9.97 Å². The molecule has 90 valence electrons. The molecule has 3 nitrogen and oxygen atoms in total. The molecule has 0 bridgehead atoms. The zero-order valence-corrected chi connectivity index (χ0v) is 10.7. The summed E-state index contributed by atoms with van der Waals surface area (Å²) in [5, 5.41) is 0. The van der Waals surface area contributed by atoms with Crippen molar-refractivity contribution in [3.63, 3.8) is 0 Å². The summed E-state index contributed by atoms with van der Waals surface area (Å²) in [7, 11) is 0. The van der Waals surface area contributed by atoms with Crippen LogP contribution in [0.5, 0.6) is 0 Å². The van der Waals surface area contributed by atoms with Gasteiger partial charge in [0.1, 0.15) is 0 Å². The van der Waals surface area contributed by atoms with Gasteiger partial charge in [0.2, 0.25) is 5.95 Å². The summed E-state index contributed by atoms with van der Waals surface area (Å²) in [5.41, 5.74) is 1.14. The van der Waals surface area contributed by atoms with Crippen molar-refractivity contribution in [1.29, 1.82) is 0 Å². The quantitative estimate of drug-likeness (QED) is 0.768. The van der Waals surface area contributed by atoms with E-state index in [4.69, 9.17) is 0 Å². The third-order valence-corrected chi connectivity index (χ3v) is 2.70. The fraction of sp³-hybridized carbons (Fsp3) is 0.692. The van der Waals surface area contributed by atoms with Crippen LogP contribution in [0.2, 0.25) is 0 Å². The highest BCUT2D eigenvalue weighted by molar-refractivity contribution is 5.30. The molecule has 3 heteroatoms. The number of hydrogen-bond acceptors (Lipinski definition) is 3. The van der Waals surface area contributed by atoms with Crippen LogP contribution in [0.4, 0.5) is 5.95 Å². The second-order valence-electron chi connectivity index (χ2n) is 3.75. The summed E-state index contributed by atoms with van der Waals surface area (Å²) in [5.74, 6) is 0.920. The summed E-state index contributed by atoms with van der Waals surface area (Å²) in [6.45, 7) is 8.36. The average molecular weight is 221 g/mol. The van der Waals surface area contributed by atoms with Crippen molar-refractivity contribution in [2.45, 2.75) is 46.5 Å². The fourth-order valence-electron chi connectivity index (χ4n) is 1.83. The van der Waals surface area contributed by atoms with Crippen molar-refractivity contribution < 1.29 is 0 Å². The molecule has 2 rings (SSSR count). The van der Waals surface area contributed by atoms with Crippen LogP contribution < -0.4 is 4.90 Å². The maximum Gasteiger partial charge on any atom is 0.225 e. The Kier molecular flexibility index (Phi) is 5.83. The molecule has 0 unspecified atom stereocenters. The Balaban J connectivity index is 0.000000606. The first-order valence-electron chi connectivity index (χ1n) is 6.47. The number of aryl methyl sites for hydroxylation is 1. The van der Waals surface area contributed by atoms with Gasteiger partial charge in [0, 0.05) is 25.0 Å². The van der Waals surface area contributed by atoms with Gasteiger partial charge >= 0.3 is 0 Å². The van der Waals surface area contributed by atoms with Gasteiger partial charge in [-0.2, -0.15) is 0 Å². The van der Waals surface area contributed by atoms with E-state index >= 15 is 0 Å². The van der Waals surface area contributed by atoms with E-state index in [0.717, 1.165) is 31.2 Å². The Morgan fingerprint density at radius 2 is 1.88 bits per heavy atom. The van der Waals surface area contributed by atoms with E-state index in [0.29, 0.717) is 0 Å². The highest BCUT2D eigenvalue weighted by Crippen LogP contribution is 2.15. The zero-order valence-electron chi connectivity index (χ0n) is 10.7. The van der Waals surface area contributed by atoms with E-state index in [-0.39, 0.29) is 0 Å². The van der Waals surface area contributed by atoms with Gasteiger partial charge in [-0.1, -0.05) is 20.8 Å². The summed E-state index contributed by atoms with van der Waals surface area (Å²) >= 11 is 0. The van der Waals surface area contributed by atoms with Crippen LogP contribution in [-0.2, 0) is 6.42 Å². The standard InChI is InChI=1S/C11H17N3.C2H6/c1-2-10-6-7-12-11(13-10)14-8-4-3-5-9-14;1-2/h6-7H,2-5,8-9H2,1H3;1-2H3. The van der Waals surface area contributed by atoms with Gasteiger partial charge in [0.15, 0.2) is 0 Å². The third kappa shape index (κ3) is 3.47. The van der Waals surface area contributed by atoms with E-state index in [2.05, 4.69) is 21.8 Å². The number of rotatable bonds is 2. The van der Waals surface area contributed by atoms with Gasteiger partial charge in [-0.05, 0) is 31.7 Å². The smallest absolute Gasteiger partial charge is 0.225 e. The minimum Gasteiger partial charge on any atom is -0.341 e.